The van der Waals surface area contributed by atoms with Gasteiger partial charge in [-0.3, -0.25) is 9.78 Å². The van der Waals surface area contributed by atoms with Gasteiger partial charge in [0.25, 0.3) is 5.91 Å². The number of benzene rings is 3. The molecule has 1 aromatic heterocycles. The van der Waals surface area contributed by atoms with Crippen LogP contribution in [-0.2, 0) is 14.3 Å². The van der Waals surface area contributed by atoms with Gasteiger partial charge >= 0.3 is 5.97 Å². The van der Waals surface area contributed by atoms with Crippen LogP contribution in [0.15, 0.2) is 85.1 Å². The highest BCUT2D eigenvalue weighted by Gasteiger charge is 2.11. The number of carbonyl (C=O) groups is 2. The summed E-state index contributed by atoms with van der Waals surface area (Å²) in [6.07, 6.45) is 4.66. The van der Waals surface area contributed by atoms with Crippen molar-refractivity contribution in [1.82, 2.24) is 10.3 Å². The molecule has 31 heavy (non-hydrogen) atoms. The lowest BCUT2D eigenvalue weighted by atomic mass is 10.0. The van der Waals surface area contributed by atoms with Crippen LogP contribution in [0.3, 0.4) is 0 Å². The fraction of sp³-hybridized carbons (Fsp3) is 0.115. The molecule has 4 rings (SSSR count). The molecule has 1 N–H and O–H groups in total. The predicted octanol–water partition coefficient (Wildman–Crippen LogP) is 4.82. The van der Waals surface area contributed by atoms with Crippen molar-refractivity contribution in [2.24, 2.45) is 0 Å². The second kappa shape index (κ2) is 9.22. The van der Waals surface area contributed by atoms with Gasteiger partial charge in [-0.1, -0.05) is 60.7 Å². The molecular formula is C26H22N2O3. The monoisotopic (exact) mass is 410 g/mol. The minimum Gasteiger partial charge on any atom is -0.452 e. The van der Waals surface area contributed by atoms with E-state index in [1.165, 1.54) is 6.08 Å². The molecule has 0 aliphatic heterocycles. The summed E-state index contributed by atoms with van der Waals surface area (Å²) in [7, 11) is 0. The number of fused-ring (bicyclic) bond motifs is 2. The normalized spacial score (nSPS) is 12.2. The first-order chi connectivity index (χ1) is 15.1. The summed E-state index contributed by atoms with van der Waals surface area (Å²) in [6.45, 7) is 1.56. The van der Waals surface area contributed by atoms with E-state index in [1.54, 1.807) is 12.3 Å². The third-order valence-electron chi connectivity index (χ3n) is 5.06. The maximum absolute atomic E-state index is 12.2. The van der Waals surface area contributed by atoms with Crippen molar-refractivity contribution < 1.29 is 14.3 Å². The van der Waals surface area contributed by atoms with Crippen LogP contribution in [0.1, 0.15) is 24.1 Å². The molecule has 5 nitrogen and oxygen atoms in total. The molecule has 5 heteroatoms. The van der Waals surface area contributed by atoms with Gasteiger partial charge < -0.3 is 10.1 Å². The van der Waals surface area contributed by atoms with Crippen LogP contribution < -0.4 is 5.32 Å². The highest BCUT2D eigenvalue weighted by molar-refractivity contribution is 5.93. The van der Waals surface area contributed by atoms with Crippen molar-refractivity contribution in [3.05, 3.63) is 96.2 Å². The van der Waals surface area contributed by atoms with E-state index in [1.807, 2.05) is 79.7 Å². The molecule has 0 spiro atoms. The number of pyridine rings is 1. The second-order valence-electron chi connectivity index (χ2n) is 7.26. The van der Waals surface area contributed by atoms with Crippen LogP contribution in [-0.4, -0.2) is 23.5 Å². The summed E-state index contributed by atoms with van der Waals surface area (Å²) in [6, 6.07) is 23.5. The summed E-state index contributed by atoms with van der Waals surface area (Å²) >= 11 is 0. The Bertz CT molecular complexity index is 1270. The number of nitrogens with one attached hydrogen (secondary N) is 1. The highest BCUT2D eigenvalue weighted by atomic mass is 16.5. The van der Waals surface area contributed by atoms with E-state index in [4.69, 9.17) is 4.74 Å². The molecule has 0 radical (unpaired) electrons. The molecule has 0 saturated carbocycles. The molecule has 0 bridgehead atoms. The quantitative estimate of drug-likeness (QED) is 0.365. The van der Waals surface area contributed by atoms with Crippen LogP contribution in [0.4, 0.5) is 0 Å². The largest absolute Gasteiger partial charge is 0.452 e. The van der Waals surface area contributed by atoms with Crippen LogP contribution in [0, 0.1) is 0 Å². The Kier molecular flexibility index (Phi) is 6.03. The first-order valence-corrected chi connectivity index (χ1v) is 10.1. The first-order valence-electron chi connectivity index (χ1n) is 10.1. The topological polar surface area (TPSA) is 68.3 Å². The molecule has 3 aromatic carbocycles. The number of hydrogen-bond acceptors (Lipinski definition) is 4. The molecule has 0 fully saturated rings. The first kappa shape index (κ1) is 20.3. The average molecular weight is 410 g/mol. The Morgan fingerprint density at radius 1 is 0.968 bits per heavy atom. The number of ether oxygens (including phenoxy) is 1. The molecule has 0 saturated heterocycles. The zero-order chi connectivity index (χ0) is 21.6. The number of para-hydroxylation sites is 1. The maximum Gasteiger partial charge on any atom is 0.331 e. The van der Waals surface area contributed by atoms with Crippen molar-refractivity contribution in [2.75, 3.05) is 6.61 Å². The van der Waals surface area contributed by atoms with Crippen LogP contribution in [0.2, 0.25) is 0 Å². The Morgan fingerprint density at radius 3 is 2.61 bits per heavy atom. The molecule has 0 aliphatic rings. The SMILES string of the molecule is CC(NC(=O)COC(=O)/C=C/c1cccc2cccnc12)c1ccc2ccccc2c1. The summed E-state index contributed by atoms with van der Waals surface area (Å²) in [5.74, 6) is -0.935. The van der Waals surface area contributed by atoms with E-state index in [-0.39, 0.29) is 18.6 Å². The van der Waals surface area contributed by atoms with Gasteiger partial charge in [-0.15, -0.1) is 0 Å². The van der Waals surface area contributed by atoms with Crippen molar-refractivity contribution >= 4 is 39.6 Å². The van der Waals surface area contributed by atoms with Gasteiger partial charge in [-0.05, 0) is 41.5 Å². The van der Waals surface area contributed by atoms with E-state index >= 15 is 0 Å². The lowest BCUT2D eigenvalue weighted by Gasteiger charge is -2.15. The van der Waals surface area contributed by atoms with Gasteiger partial charge in [-0.25, -0.2) is 4.79 Å². The summed E-state index contributed by atoms with van der Waals surface area (Å²) in [5.41, 5.74) is 2.60. The molecule has 0 aliphatic carbocycles. The molecule has 1 heterocycles. The third-order valence-corrected chi connectivity index (χ3v) is 5.06. The Balaban J connectivity index is 1.32. The van der Waals surface area contributed by atoms with Gasteiger partial charge in [0.1, 0.15) is 0 Å². The van der Waals surface area contributed by atoms with E-state index < -0.39 is 5.97 Å². The van der Waals surface area contributed by atoms with Crippen molar-refractivity contribution in [1.29, 1.82) is 0 Å². The second-order valence-corrected chi connectivity index (χ2v) is 7.26. The lowest BCUT2D eigenvalue weighted by Crippen LogP contribution is -2.30. The van der Waals surface area contributed by atoms with E-state index in [9.17, 15) is 9.59 Å². The zero-order valence-corrected chi connectivity index (χ0v) is 17.1. The highest BCUT2D eigenvalue weighted by Crippen LogP contribution is 2.20. The van der Waals surface area contributed by atoms with Crippen molar-refractivity contribution in [2.45, 2.75) is 13.0 Å². The van der Waals surface area contributed by atoms with Crippen LogP contribution >= 0.6 is 0 Å². The molecule has 4 aromatic rings. The van der Waals surface area contributed by atoms with Gasteiger partial charge in [0.15, 0.2) is 6.61 Å². The molecule has 1 amide bonds. The fourth-order valence-corrected chi connectivity index (χ4v) is 3.45. The average Bonchev–Trinajstić information content (AvgIpc) is 2.81. The zero-order valence-electron chi connectivity index (χ0n) is 17.1. The van der Waals surface area contributed by atoms with Gasteiger partial charge in [-0.2, -0.15) is 0 Å². The molecule has 1 unspecified atom stereocenters. The number of hydrogen-bond donors (Lipinski definition) is 1. The Hall–Kier alpha value is -3.99. The van der Waals surface area contributed by atoms with Crippen LogP contribution in [0.5, 0.6) is 0 Å². The molecule has 1 atom stereocenters. The van der Waals surface area contributed by atoms with Gasteiger partial charge in [0.05, 0.1) is 11.6 Å². The lowest BCUT2D eigenvalue weighted by molar-refractivity contribution is -0.144. The molecular weight excluding hydrogens is 388 g/mol. The number of nitrogens with zero attached hydrogens (tertiary/aromatic N) is 1. The Morgan fingerprint density at radius 2 is 1.74 bits per heavy atom. The van der Waals surface area contributed by atoms with E-state index in [0.717, 1.165) is 32.8 Å². The van der Waals surface area contributed by atoms with Gasteiger partial charge in [0, 0.05) is 23.2 Å². The smallest absolute Gasteiger partial charge is 0.331 e. The van der Waals surface area contributed by atoms with E-state index in [0.29, 0.717) is 0 Å². The number of aromatic nitrogens is 1. The number of amides is 1. The maximum atomic E-state index is 12.2. The number of esters is 1. The standard InChI is InChI=1S/C26H22N2O3/c1-18(22-12-11-19-6-2-3-7-23(19)16-22)28-24(29)17-31-25(30)14-13-21-9-4-8-20-10-5-15-27-26(20)21/h2-16,18H,17H2,1H3,(H,28,29)/b14-13+. The number of rotatable bonds is 6. The van der Waals surface area contributed by atoms with Crippen LogP contribution in [0.25, 0.3) is 27.8 Å². The van der Waals surface area contributed by atoms with Gasteiger partial charge in [0.2, 0.25) is 0 Å². The third kappa shape index (κ3) is 4.95. The minimum atomic E-state index is -0.582. The van der Waals surface area contributed by atoms with Crippen molar-refractivity contribution in [3.8, 4) is 0 Å². The Labute approximate surface area is 180 Å². The number of carbonyl (C=O) groups excluding carboxylic acids is 2. The molecule has 154 valence electrons. The summed E-state index contributed by atoms with van der Waals surface area (Å²) in [4.78, 5) is 28.6. The van der Waals surface area contributed by atoms with E-state index in [2.05, 4.69) is 10.3 Å². The fourth-order valence-electron chi connectivity index (χ4n) is 3.45. The summed E-state index contributed by atoms with van der Waals surface area (Å²) in [5, 5.41) is 6.11. The minimum absolute atomic E-state index is 0.201. The predicted molar refractivity (Wildman–Crippen MR) is 122 cm³/mol. The summed E-state index contributed by atoms with van der Waals surface area (Å²) < 4.78 is 5.09. The van der Waals surface area contributed by atoms with Crippen molar-refractivity contribution in [3.63, 3.8) is 0 Å².